The highest BCUT2D eigenvalue weighted by atomic mass is 16.5. The lowest BCUT2D eigenvalue weighted by molar-refractivity contribution is -0.145. The van der Waals surface area contributed by atoms with Crippen molar-refractivity contribution in [1.82, 2.24) is 5.32 Å². The Kier molecular flexibility index (Phi) is 6.93. The second-order valence-electron chi connectivity index (χ2n) is 8.48. The molecule has 0 saturated carbocycles. The Morgan fingerprint density at radius 3 is 2.55 bits per heavy atom. The van der Waals surface area contributed by atoms with Crippen LogP contribution < -0.4 is 21.3 Å². The van der Waals surface area contributed by atoms with Crippen molar-refractivity contribution in [2.45, 2.75) is 50.2 Å². The van der Waals surface area contributed by atoms with Crippen LogP contribution in [0.25, 0.3) is 0 Å². The van der Waals surface area contributed by atoms with Gasteiger partial charge in [-0.25, -0.2) is 4.79 Å². The summed E-state index contributed by atoms with van der Waals surface area (Å²) in [4.78, 5) is 40.9. The minimum Gasteiger partial charge on any atom is -0.467 e. The highest BCUT2D eigenvalue weighted by Gasteiger charge is 2.42. The van der Waals surface area contributed by atoms with E-state index in [1.54, 1.807) is 4.90 Å². The summed E-state index contributed by atoms with van der Waals surface area (Å²) in [5.74, 6) is -1.02. The molecule has 0 fully saturated rings. The zero-order chi connectivity index (χ0) is 23.4. The van der Waals surface area contributed by atoms with Crippen molar-refractivity contribution in [2.75, 3.05) is 23.9 Å². The van der Waals surface area contributed by atoms with Crippen molar-refractivity contribution < 1.29 is 19.1 Å². The molecule has 0 spiro atoms. The number of rotatable bonds is 8. The number of nitrogens with two attached hydrogens (primary N) is 1. The third-order valence-corrected chi connectivity index (χ3v) is 6.33. The van der Waals surface area contributed by atoms with E-state index >= 15 is 0 Å². The summed E-state index contributed by atoms with van der Waals surface area (Å²) in [5.41, 5.74) is 9.24. The molecule has 33 heavy (non-hydrogen) atoms. The predicted molar refractivity (Wildman–Crippen MR) is 126 cm³/mol. The van der Waals surface area contributed by atoms with Gasteiger partial charge in [0.1, 0.15) is 18.1 Å². The minimum atomic E-state index is -0.774. The molecule has 8 heteroatoms. The summed E-state index contributed by atoms with van der Waals surface area (Å²) in [6.45, 7) is 0.513. The van der Waals surface area contributed by atoms with Gasteiger partial charge in [-0.1, -0.05) is 36.4 Å². The molecule has 0 aromatic heterocycles. The van der Waals surface area contributed by atoms with Gasteiger partial charge < -0.3 is 21.1 Å². The van der Waals surface area contributed by atoms with Crippen LogP contribution in [-0.4, -0.2) is 49.6 Å². The molecule has 4 N–H and O–H groups in total. The van der Waals surface area contributed by atoms with Crippen LogP contribution in [0.2, 0.25) is 0 Å². The van der Waals surface area contributed by atoms with Crippen LogP contribution in [-0.2, 0) is 32.0 Å². The molecule has 2 heterocycles. The van der Waals surface area contributed by atoms with E-state index in [4.69, 9.17) is 10.5 Å². The van der Waals surface area contributed by atoms with Gasteiger partial charge in [0, 0.05) is 24.2 Å². The number of para-hydroxylation sites is 2. The van der Waals surface area contributed by atoms with Crippen molar-refractivity contribution in [3.8, 4) is 0 Å². The topological polar surface area (TPSA) is 114 Å². The summed E-state index contributed by atoms with van der Waals surface area (Å²) in [5, 5.41) is 6.12. The number of methoxy groups -OCH3 is 1. The molecule has 2 aromatic carbocycles. The van der Waals surface area contributed by atoms with Gasteiger partial charge in [-0.2, -0.15) is 0 Å². The van der Waals surface area contributed by atoms with Crippen molar-refractivity contribution in [3.63, 3.8) is 0 Å². The summed E-state index contributed by atoms with van der Waals surface area (Å²) in [6, 6.07) is 13.4. The first-order valence-corrected chi connectivity index (χ1v) is 11.4. The Bertz CT molecular complexity index is 1020. The maximum Gasteiger partial charge on any atom is 0.328 e. The maximum atomic E-state index is 13.7. The Labute approximate surface area is 193 Å². The van der Waals surface area contributed by atoms with Crippen molar-refractivity contribution >= 4 is 29.2 Å². The Morgan fingerprint density at radius 2 is 1.82 bits per heavy atom. The van der Waals surface area contributed by atoms with Gasteiger partial charge in [-0.05, 0) is 49.1 Å². The van der Waals surface area contributed by atoms with Gasteiger partial charge in [0.25, 0.3) is 5.91 Å². The lowest BCUT2D eigenvalue weighted by Crippen LogP contribution is -2.55. The Morgan fingerprint density at radius 1 is 1.09 bits per heavy atom. The number of hydrogen-bond donors (Lipinski definition) is 3. The van der Waals surface area contributed by atoms with E-state index in [9.17, 15) is 14.4 Å². The van der Waals surface area contributed by atoms with Gasteiger partial charge in [0.15, 0.2) is 0 Å². The average molecular weight is 451 g/mol. The van der Waals surface area contributed by atoms with E-state index in [1.807, 2.05) is 48.5 Å². The molecule has 0 saturated heterocycles. The zero-order valence-electron chi connectivity index (χ0n) is 18.8. The van der Waals surface area contributed by atoms with E-state index in [0.29, 0.717) is 32.2 Å². The summed E-state index contributed by atoms with van der Waals surface area (Å²) >= 11 is 0. The van der Waals surface area contributed by atoms with Crippen LogP contribution >= 0.6 is 0 Å². The fraction of sp³-hybridized carbons (Fsp3) is 0.400. The van der Waals surface area contributed by atoms with E-state index in [2.05, 4.69) is 10.6 Å². The number of esters is 1. The van der Waals surface area contributed by atoms with Gasteiger partial charge in [-0.15, -0.1) is 0 Å². The highest BCUT2D eigenvalue weighted by molar-refractivity contribution is 6.07. The fourth-order valence-corrected chi connectivity index (χ4v) is 4.63. The lowest BCUT2D eigenvalue weighted by Gasteiger charge is -2.29. The molecule has 2 aliphatic heterocycles. The summed E-state index contributed by atoms with van der Waals surface area (Å²) < 4.78 is 4.88. The molecule has 2 aliphatic rings. The third-order valence-electron chi connectivity index (χ3n) is 6.33. The molecule has 2 unspecified atom stereocenters. The van der Waals surface area contributed by atoms with Crippen molar-refractivity contribution in [1.29, 1.82) is 0 Å². The quantitative estimate of drug-likeness (QED) is 0.417. The Balaban J connectivity index is 1.54. The highest BCUT2D eigenvalue weighted by Crippen LogP contribution is 2.35. The lowest BCUT2D eigenvalue weighted by atomic mass is 10.1. The normalized spacial score (nSPS) is 19.3. The number of nitrogens with one attached hydrogen (secondary N) is 2. The van der Waals surface area contributed by atoms with E-state index in [0.717, 1.165) is 28.9 Å². The number of unbranched alkanes of at least 4 members (excludes halogenated alkanes) is 1. The van der Waals surface area contributed by atoms with E-state index < -0.39 is 24.1 Å². The monoisotopic (exact) mass is 450 g/mol. The number of amides is 2. The predicted octanol–water partition coefficient (Wildman–Crippen LogP) is 1.77. The summed E-state index contributed by atoms with van der Waals surface area (Å²) in [6.07, 6.45) is 2.82. The van der Waals surface area contributed by atoms with Gasteiger partial charge >= 0.3 is 5.97 Å². The Hall–Kier alpha value is -3.39. The second-order valence-corrected chi connectivity index (χ2v) is 8.48. The number of anilines is 2. The van der Waals surface area contributed by atoms with Crippen LogP contribution in [0.3, 0.4) is 0 Å². The van der Waals surface area contributed by atoms with E-state index in [-0.39, 0.29) is 11.8 Å². The molecule has 2 aromatic rings. The van der Waals surface area contributed by atoms with Crippen LogP contribution in [0.15, 0.2) is 48.5 Å². The number of benzene rings is 2. The third kappa shape index (κ3) is 4.71. The number of ether oxygens (including phenoxy) is 1. The molecule has 4 rings (SSSR count). The SMILES string of the molecule is COC(=O)[C@H](CCCCN)NC(=O)C1Cc2ccccc2N1C(=O)C1Cc2ccccc2N1. The van der Waals surface area contributed by atoms with Crippen LogP contribution in [0, 0.1) is 0 Å². The van der Waals surface area contributed by atoms with Crippen molar-refractivity contribution in [2.24, 2.45) is 5.73 Å². The fourth-order valence-electron chi connectivity index (χ4n) is 4.63. The molecule has 0 bridgehead atoms. The largest absolute Gasteiger partial charge is 0.467 e. The van der Waals surface area contributed by atoms with Crippen LogP contribution in [0.4, 0.5) is 11.4 Å². The van der Waals surface area contributed by atoms with Crippen LogP contribution in [0.5, 0.6) is 0 Å². The molecule has 3 atom stereocenters. The first-order chi connectivity index (χ1) is 16.0. The minimum absolute atomic E-state index is 0.158. The number of nitrogens with zero attached hydrogens (tertiary/aromatic N) is 1. The van der Waals surface area contributed by atoms with Gasteiger partial charge in [0.05, 0.1) is 7.11 Å². The van der Waals surface area contributed by atoms with Gasteiger partial charge in [0.2, 0.25) is 5.91 Å². The molecular weight excluding hydrogens is 420 g/mol. The first-order valence-electron chi connectivity index (χ1n) is 11.4. The smallest absolute Gasteiger partial charge is 0.328 e. The molecule has 174 valence electrons. The molecule has 0 aliphatic carbocycles. The number of hydrogen-bond acceptors (Lipinski definition) is 6. The average Bonchev–Trinajstić information content (AvgIpc) is 3.44. The van der Waals surface area contributed by atoms with Crippen LogP contribution in [0.1, 0.15) is 30.4 Å². The number of fused-ring (bicyclic) bond motifs is 2. The molecular formula is C25H30N4O4. The van der Waals surface area contributed by atoms with Gasteiger partial charge in [-0.3, -0.25) is 14.5 Å². The zero-order valence-corrected chi connectivity index (χ0v) is 18.8. The molecule has 0 radical (unpaired) electrons. The number of carbonyl (C=O) groups is 3. The molecule has 2 amide bonds. The molecule has 8 nitrogen and oxygen atoms in total. The standard InChI is InChI=1S/C25H30N4O4/c1-33-25(32)19(11-6-7-13-26)28-23(30)22-15-17-9-3-5-12-21(17)29(22)24(31)20-14-16-8-2-4-10-18(16)27-20/h2-5,8-10,12,19-20,22,27H,6-7,11,13-15,26H2,1H3,(H,28,30)/t19-,20?,22?/m0/s1. The maximum absolute atomic E-state index is 13.7. The second kappa shape index (κ2) is 10.0. The number of carbonyl (C=O) groups excluding carboxylic acids is 3. The van der Waals surface area contributed by atoms with E-state index in [1.165, 1.54) is 7.11 Å². The summed E-state index contributed by atoms with van der Waals surface area (Å²) in [7, 11) is 1.30. The first kappa shape index (κ1) is 22.8. The van der Waals surface area contributed by atoms with Crippen molar-refractivity contribution in [3.05, 3.63) is 59.7 Å².